The van der Waals surface area contributed by atoms with Crippen LogP contribution in [0.2, 0.25) is 0 Å². The lowest BCUT2D eigenvalue weighted by atomic mass is 10.0. The van der Waals surface area contributed by atoms with Crippen molar-refractivity contribution in [3.05, 3.63) is 100 Å². The molecule has 32 heavy (non-hydrogen) atoms. The molecule has 162 valence electrons. The van der Waals surface area contributed by atoms with E-state index < -0.39 is 21.8 Å². The molecule has 8 heteroatoms. The summed E-state index contributed by atoms with van der Waals surface area (Å²) >= 11 is 0. The number of ether oxygens (including phenoxy) is 1. The maximum atomic E-state index is 13.8. The lowest BCUT2D eigenvalue weighted by Crippen LogP contribution is -2.35. The quantitative estimate of drug-likeness (QED) is 0.552. The minimum absolute atomic E-state index is 0.0844. The maximum Gasteiger partial charge on any atom is 0.338 e. The van der Waals surface area contributed by atoms with E-state index in [4.69, 9.17) is 10.00 Å². The molecule has 0 spiro atoms. The molecule has 6 nitrogen and oxygen atoms in total. The Kier molecular flexibility index (Phi) is 6.04. The number of carbonyl (C=O) groups is 1. The van der Waals surface area contributed by atoms with Crippen LogP contribution >= 0.6 is 0 Å². The van der Waals surface area contributed by atoms with Crippen LogP contribution in [-0.2, 0) is 34.3 Å². The molecule has 0 N–H and O–H groups in total. The van der Waals surface area contributed by atoms with Crippen molar-refractivity contribution < 1.29 is 22.3 Å². The van der Waals surface area contributed by atoms with Crippen LogP contribution in [0.1, 0.15) is 32.6 Å². The van der Waals surface area contributed by atoms with Crippen LogP contribution in [0.25, 0.3) is 0 Å². The fourth-order valence-electron chi connectivity index (χ4n) is 3.57. The standard InChI is InChI=1S/C24H19FN2O4S/c25-23-10-5-17(14-26)13-21(23)16-31-24(28)19-6-8-22(9-7-19)32(29,30)27-12-11-18-3-1-2-4-20(18)15-27/h1-10,13H,11-12,15-16H2. The Morgan fingerprint density at radius 3 is 2.50 bits per heavy atom. The van der Waals surface area contributed by atoms with Crippen molar-refractivity contribution in [1.29, 1.82) is 5.26 Å². The van der Waals surface area contributed by atoms with E-state index in [9.17, 15) is 17.6 Å². The number of hydrogen-bond acceptors (Lipinski definition) is 5. The van der Waals surface area contributed by atoms with Crippen molar-refractivity contribution in [3.8, 4) is 6.07 Å². The third kappa shape index (κ3) is 4.40. The second kappa shape index (κ2) is 8.91. The molecular formula is C24H19FN2O4S. The topological polar surface area (TPSA) is 87.5 Å². The lowest BCUT2D eigenvalue weighted by molar-refractivity contribution is 0.0469. The molecule has 0 aliphatic carbocycles. The fraction of sp³-hybridized carbons (Fsp3) is 0.167. The van der Waals surface area contributed by atoms with Crippen LogP contribution in [-0.4, -0.2) is 25.2 Å². The molecule has 1 aliphatic heterocycles. The molecule has 0 saturated carbocycles. The first-order valence-electron chi connectivity index (χ1n) is 9.91. The minimum atomic E-state index is -3.71. The van der Waals surface area contributed by atoms with Gasteiger partial charge in [-0.15, -0.1) is 0 Å². The van der Waals surface area contributed by atoms with E-state index in [-0.39, 0.29) is 28.2 Å². The van der Waals surface area contributed by atoms with Gasteiger partial charge < -0.3 is 4.74 Å². The number of nitrogens with zero attached hydrogens (tertiary/aromatic N) is 2. The molecule has 4 rings (SSSR count). The summed E-state index contributed by atoms with van der Waals surface area (Å²) in [5.74, 6) is -1.30. The van der Waals surface area contributed by atoms with E-state index in [1.165, 1.54) is 40.7 Å². The van der Waals surface area contributed by atoms with Gasteiger partial charge in [-0.3, -0.25) is 0 Å². The van der Waals surface area contributed by atoms with E-state index in [1.54, 1.807) is 0 Å². The van der Waals surface area contributed by atoms with Crippen LogP contribution in [0.5, 0.6) is 0 Å². The van der Waals surface area contributed by atoms with Gasteiger partial charge in [-0.1, -0.05) is 24.3 Å². The van der Waals surface area contributed by atoms with E-state index in [2.05, 4.69) is 0 Å². The molecule has 3 aromatic rings. The van der Waals surface area contributed by atoms with Gasteiger partial charge in [0, 0.05) is 18.7 Å². The van der Waals surface area contributed by atoms with E-state index in [1.807, 2.05) is 30.3 Å². The second-order valence-electron chi connectivity index (χ2n) is 7.38. The molecule has 0 atom stereocenters. The number of rotatable bonds is 5. The number of benzene rings is 3. The lowest BCUT2D eigenvalue weighted by Gasteiger charge is -2.28. The molecule has 0 saturated heterocycles. The van der Waals surface area contributed by atoms with E-state index >= 15 is 0 Å². The third-order valence-electron chi connectivity index (χ3n) is 5.36. The summed E-state index contributed by atoms with van der Waals surface area (Å²) in [7, 11) is -3.71. The number of sulfonamides is 1. The number of fused-ring (bicyclic) bond motifs is 1. The van der Waals surface area contributed by atoms with Crippen molar-refractivity contribution >= 4 is 16.0 Å². The van der Waals surface area contributed by atoms with Crippen molar-refractivity contribution in [1.82, 2.24) is 4.31 Å². The highest BCUT2D eigenvalue weighted by Gasteiger charge is 2.28. The zero-order valence-electron chi connectivity index (χ0n) is 17.0. The molecular weight excluding hydrogens is 431 g/mol. The van der Waals surface area contributed by atoms with Gasteiger partial charge in [0.2, 0.25) is 10.0 Å². The van der Waals surface area contributed by atoms with Gasteiger partial charge >= 0.3 is 5.97 Å². The maximum absolute atomic E-state index is 13.8. The average molecular weight is 450 g/mol. The second-order valence-corrected chi connectivity index (χ2v) is 9.31. The molecule has 0 amide bonds. The van der Waals surface area contributed by atoms with Crippen molar-refractivity contribution in [2.45, 2.75) is 24.5 Å². The monoisotopic (exact) mass is 450 g/mol. The first kappa shape index (κ1) is 21.7. The largest absolute Gasteiger partial charge is 0.457 e. The highest BCUT2D eigenvalue weighted by molar-refractivity contribution is 7.89. The van der Waals surface area contributed by atoms with Crippen molar-refractivity contribution in [2.24, 2.45) is 0 Å². The highest BCUT2D eigenvalue weighted by Crippen LogP contribution is 2.25. The van der Waals surface area contributed by atoms with Crippen molar-refractivity contribution in [3.63, 3.8) is 0 Å². The number of esters is 1. The summed E-state index contributed by atoms with van der Waals surface area (Å²) in [6.45, 7) is 0.347. The molecule has 0 fully saturated rings. The van der Waals surface area contributed by atoms with Crippen LogP contribution in [0, 0.1) is 17.1 Å². The van der Waals surface area contributed by atoms with Crippen LogP contribution < -0.4 is 0 Å². The first-order valence-corrected chi connectivity index (χ1v) is 11.3. The van der Waals surface area contributed by atoms with Crippen LogP contribution in [0.15, 0.2) is 71.6 Å². The Balaban J connectivity index is 1.45. The Bertz CT molecular complexity index is 1310. The molecule has 0 unspecified atom stereocenters. The molecule has 0 aromatic heterocycles. The fourth-order valence-corrected chi connectivity index (χ4v) is 4.99. The molecule has 1 aliphatic rings. The predicted octanol–water partition coefficient (Wildman–Crippen LogP) is 3.80. The predicted molar refractivity (Wildman–Crippen MR) is 114 cm³/mol. The summed E-state index contributed by atoms with van der Waals surface area (Å²) < 4.78 is 46.4. The van der Waals surface area contributed by atoms with Gasteiger partial charge in [-0.25, -0.2) is 17.6 Å². The summed E-state index contributed by atoms with van der Waals surface area (Å²) in [6.07, 6.45) is 0.642. The van der Waals surface area contributed by atoms with Gasteiger partial charge in [0.05, 0.1) is 22.1 Å². The van der Waals surface area contributed by atoms with Crippen LogP contribution in [0.4, 0.5) is 4.39 Å². The summed E-state index contributed by atoms with van der Waals surface area (Å²) in [6, 6.07) is 18.9. The zero-order valence-corrected chi connectivity index (χ0v) is 17.8. The van der Waals surface area contributed by atoms with E-state index in [0.717, 1.165) is 17.2 Å². The number of hydrogen-bond donors (Lipinski definition) is 0. The molecule has 1 heterocycles. The number of nitriles is 1. The van der Waals surface area contributed by atoms with E-state index in [0.29, 0.717) is 19.5 Å². The Labute approximate surface area is 185 Å². The number of halogens is 1. The molecule has 0 bridgehead atoms. The average Bonchev–Trinajstić information content (AvgIpc) is 2.83. The summed E-state index contributed by atoms with van der Waals surface area (Å²) in [4.78, 5) is 12.4. The SMILES string of the molecule is N#Cc1ccc(F)c(COC(=O)c2ccc(S(=O)(=O)N3CCc4ccccc4C3)cc2)c1. The van der Waals surface area contributed by atoms with Gasteiger partial charge in [-0.2, -0.15) is 9.57 Å². The third-order valence-corrected chi connectivity index (χ3v) is 7.22. The van der Waals surface area contributed by atoms with Crippen molar-refractivity contribution in [2.75, 3.05) is 6.54 Å². The van der Waals surface area contributed by atoms with Gasteiger partial charge in [0.15, 0.2) is 0 Å². The van der Waals surface area contributed by atoms with Crippen LogP contribution in [0.3, 0.4) is 0 Å². The Morgan fingerprint density at radius 1 is 1.06 bits per heavy atom. The zero-order chi connectivity index (χ0) is 22.7. The normalized spacial score (nSPS) is 13.8. The Hall–Kier alpha value is -3.54. The minimum Gasteiger partial charge on any atom is -0.457 e. The summed E-state index contributed by atoms with van der Waals surface area (Å²) in [5.41, 5.74) is 2.61. The molecule has 3 aromatic carbocycles. The smallest absolute Gasteiger partial charge is 0.338 e. The molecule has 0 radical (unpaired) electrons. The first-order chi connectivity index (χ1) is 15.4. The van der Waals surface area contributed by atoms with Gasteiger partial charge in [0.25, 0.3) is 0 Å². The Morgan fingerprint density at radius 2 is 1.78 bits per heavy atom. The summed E-state index contributed by atoms with van der Waals surface area (Å²) in [5, 5.41) is 8.91. The number of carbonyl (C=O) groups excluding carboxylic acids is 1. The highest BCUT2D eigenvalue weighted by atomic mass is 32.2. The van der Waals surface area contributed by atoms with Gasteiger partial charge in [-0.05, 0) is 60.0 Å². The van der Waals surface area contributed by atoms with Gasteiger partial charge in [0.1, 0.15) is 12.4 Å².